The lowest BCUT2D eigenvalue weighted by Crippen LogP contribution is -2.06. The largest absolute Gasteiger partial charge is 0.416 e. The van der Waals surface area contributed by atoms with E-state index in [2.05, 4.69) is 0 Å². The summed E-state index contributed by atoms with van der Waals surface area (Å²) in [6.07, 6.45) is -2.53. The Bertz CT molecular complexity index is 443. The quantitative estimate of drug-likeness (QED) is 0.590. The van der Waals surface area contributed by atoms with Gasteiger partial charge in [-0.05, 0) is 25.0 Å². The first kappa shape index (κ1) is 14.2. The van der Waals surface area contributed by atoms with Crippen molar-refractivity contribution < 1.29 is 18.0 Å². The van der Waals surface area contributed by atoms with E-state index in [0.717, 1.165) is 12.1 Å². The van der Waals surface area contributed by atoms with Crippen LogP contribution in [0.3, 0.4) is 0 Å². The van der Waals surface area contributed by atoms with Crippen molar-refractivity contribution in [2.75, 3.05) is 0 Å². The molecule has 0 fully saturated rings. The summed E-state index contributed by atoms with van der Waals surface area (Å²) in [4.78, 5) is 11.6. The summed E-state index contributed by atoms with van der Waals surface area (Å²) < 4.78 is 36.9. The van der Waals surface area contributed by atoms with Crippen LogP contribution in [0.1, 0.15) is 41.6 Å². The number of benzene rings is 1. The second kappa shape index (κ2) is 6.20. The fraction of sp³-hybridized carbons (Fsp3) is 0.385. The van der Waals surface area contributed by atoms with Gasteiger partial charge in [0.05, 0.1) is 11.6 Å². The molecule has 5 heteroatoms. The predicted molar refractivity (Wildman–Crippen MR) is 59.9 cm³/mol. The minimum absolute atomic E-state index is 0.193. The molecule has 0 radical (unpaired) electrons. The molecule has 1 aromatic rings. The number of carbonyl (C=O) groups excluding carboxylic acids is 1. The molecule has 0 saturated heterocycles. The standard InChI is InChI=1S/C13H12F3NO/c14-13(15,16)11-7-5-10(6-8-11)12(18)4-2-1-3-9-17/h5-8H,1-4H2. The Kier molecular flexibility index (Phi) is 4.90. The van der Waals surface area contributed by atoms with Crippen LogP contribution >= 0.6 is 0 Å². The number of nitrogens with zero attached hydrogens (tertiary/aromatic N) is 1. The maximum Gasteiger partial charge on any atom is 0.416 e. The Hall–Kier alpha value is -1.83. The van der Waals surface area contributed by atoms with Crippen LogP contribution in [0, 0.1) is 11.3 Å². The third-order valence-corrected chi connectivity index (χ3v) is 2.48. The lowest BCUT2D eigenvalue weighted by atomic mass is 10.0. The number of halogens is 3. The minimum atomic E-state index is -4.38. The molecule has 0 heterocycles. The highest BCUT2D eigenvalue weighted by atomic mass is 19.4. The summed E-state index contributed by atoms with van der Waals surface area (Å²) in [5.74, 6) is -0.193. The van der Waals surface area contributed by atoms with Crippen molar-refractivity contribution >= 4 is 5.78 Å². The lowest BCUT2D eigenvalue weighted by molar-refractivity contribution is -0.137. The molecule has 0 atom stereocenters. The van der Waals surface area contributed by atoms with Gasteiger partial charge in [0.2, 0.25) is 0 Å². The molecule has 18 heavy (non-hydrogen) atoms. The third kappa shape index (κ3) is 4.21. The predicted octanol–water partition coefficient (Wildman–Crippen LogP) is 3.97. The van der Waals surface area contributed by atoms with Crippen molar-refractivity contribution in [2.24, 2.45) is 0 Å². The zero-order valence-corrected chi connectivity index (χ0v) is 9.63. The molecule has 0 bridgehead atoms. The first-order valence-electron chi connectivity index (χ1n) is 5.52. The third-order valence-electron chi connectivity index (χ3n) is 2.48. The molecule has 1 rings (SSSR count). The molecule has 0 aliphatic heterocycles. The van der Waals surface area contributed by atoms with Gasteiger partial charge in [0.1, 0.15) is 0 Å². The maximum absolute atomic E-state index is 12.3. The molecular formula is C13H12F3NO. The molecule has 0 unspecified atom stereocenters. The van der Waals surface area contributed by atoms with Gasteiger partial charge >= 0.3 is 6.18 Å². The number of carbonyl (C=O) groups is 1. The molecule has 0 aliphatic carbocycles. The molecular weight excluding hydrogens is 243 g/mol. The second-order valence-electron chi connectivity index (χ2n) is 3.86. The smallest absolute Gasteiger partial charge is 0.294 e. The van der Waals surface area contributed by atoms with E-state index in [1.165, 1.54) is 12.1 Å². The van der Waals surface area contributed by atoms with Crippen LogP contribution in [0.2, 0.25) is 0 Å². The number of ketones is 1. The van der Waals surface area contributed by atoms with Crippen LogP contribution in [0.25, 0.3) is 0 Å². The van der Waals surface area contributed by atoms with Gasteiger partial charge in [-0.25, -0.2) is 0 Å². The molecule has 0 spiro atoms. The summed E-state index contributed by atoms with van der Waals surface area (Å²) in [5, 5.41) is 8.31. The summed E-state index contributed by atoms with van der Waals surface area (Å²) in [7, 11) is 0. The highest BCUT2D eigenvalue weighted by molar-refractivity contribution is 5.96. The van der Waals surface area contributed by atoms with Gasteiger partial charge in [-0.2, -0.15) is 18.4 Å². The highest BCUT2D eigenvalue weighted by Gasteiger charge is 2.30. The number of unbranched alkanes of at least 4 members (excludes halogenated alkanes) is 2. The molecule has 0 N–H and O–H groups in total. The van der Waals surface area contributed by atoms with Gasteiger partial charge in [-0.3, -0.25) is 4.79 Å². The van der Waals surface area contributed by atoms with E-state index < -0.39 is 11.7 Å². The van der Waals surface area contributed by atoms with Crippen LogP contribution in [-0.2, 0) is 6.18 Å². The fourth-order valence-corrected chi connectivity index (χ4v) is 1.48. The highest BCUT2D eigenvalue weighted by Crippen LogP contribution is 2.29. The van der Waals surface area contributed by atoms with Gasteiger partial charge in [-0.15, -0.1) is 0 Å². The van der Waals surface area contributed by atoms with Gasteiger partial charge in [0.25, 0.3) is 0 Å². The molecule has 0 aliphatic rings. The van der Waals surface area contributed by atoms with E-state index >= 15 is 0 Å². The monoisotopic (exact) mass is 255 g/mol. The van der Waals surface area contributed by atoms with Gasteiger partial charge in [-0.1, -0.05) is 12.1 Å². The molecule has 0 saturated carbocycles. The van der Waals surface area contributed by atoms with Crippen LogP contribution in [0.15, 0.2) is 24.3 Å². The Morgan fingerprint density at radius 3 is 2.28 bits per heavy atom. The first-order valence-corrected chi connectivity index (χ1v) is 5.52. The summed E-state index contributed by atoms with van der Waals surface area (Å²) in [6.45, 7) is 0. The van der Waals surface area contributed by atoms with Crippen molar-refractivity contribution in [1.82, 2.24) is 0 Å². The maximum atomic E-state index is 12.3. The van der Waals surface area contributed by atoms with Crippen molar-refractivity contribution in [3.63, 3.8) is 0 Å². The Balaban J connectivity index is 2.57. The number of alkyl halides is 3. The molecule has 0 aromatic heterocycles. The van der Waals surface area contributed by atoms with Crippen LogP contribution < -0.4 is 0 Å². The second-order valence-corrected chi connectivity index (χ2v) is 3.86. The minimum Gasteiger partial charge on any atom is -0.294 e. The number of hydrogen-bond acceptors (Lipinski definition) is 2. The van der Waals surface area contributed by atoms with E-state index in [9.17, 15) is 18.0 Å². The average molecular weight is 255 g/mol. The Morgan fingerprint density at radius 2 is 1.78 bits per heavy atom. The van der Waals surface area contributed by atoms with Crippen molar-refractivity contribution in [2.45, 2.75) is 31.9 Å². The molecule has 2 nitrogen and oxygen atoms in total. The Labute approximate surface area is 103 Å². The SMILES string of the molecule is N#CCCCCC(=O)c1ccc(C(F)(F)F)cc1. The zero-order valence-electron chi connectivity index (χ0n) is 9.63. The Morgan fingerprint density at radius 1 is 1.17 bits per heavy atom. The van der Waals surface area contributed by atoms with E-state index in [0.29, 0.717) is 19.3 Å². The summed E-state index contributed by atoms with van der Waals surface area (Å²) in [5.41, 5.74) is -0.483. The van der Waals surface area contributed by atoms with Crippen LogP contribution in [0.4, 0.5) is 13.2 Å². The van der Waals surface area contributed by atoms with E-state index in [1.54, 1.807) is 0 Å². The number of Topliss-reactive ketones (excluding diaryl/α,β-unsaturated/α-hetero) is 1. The summed E-state index contributed by atoms with van der Waals surface area (Å²) in [6, 6.07) is 6.16. The lowest BCUT2D eigenvalue weighted by Gasteiger charge is -2.07. The fourth-order valence-electron chi connectivity index (χ4n) is 1.48. The normalized spacial score (nSPS) is 11.0. The average Bonchev–Trinajstić information content (AvgIpc) is 2.33. The number of nitriles is 1. The van der Waals surface area contributed by atoms with E-state index in [1.807, 2.05) is 6.07 Å². The number of rotatable bonds is 5. The van der Waals surface area contributed by atoms with Gasteiger partial charge in [0, 0.05) is 18.4 Å². The van der Waals surface area contributed by atoms with Crippen molar-refractivity contribution in [1.29, 1.82) is 5.26 Å². The molecule has 0 amide bonds. The number of hydrogen-bond donors (Lipinski definition) is 0. The zero-order chi connectivity index (χ0) is 13.6. The van der Waals surface area contributed by atoms with Gasteiger partial charge < -0.3 is 0 Å². The molecule has 1 aromatic carbocycles. The van der Waals surface area contributed by atoms with E-state index in [-0.39, 0.29) is 17.8 Å². The van der Waals surface area contributed by atoms with Crippen LogP contribution in [0.5, 0.6) is 0 Å². The summed E-state index contributed by atoms with van der Waals surface area (Å²) >= 11 is 0. The van der Waals surface area contributed by atoms with Gasteiger partial charge in [0.15, 0.2) is 5.78 Å². The first-order chi connectivity index (χ1) is 8.45. The topological polar surface area (TPSA) is 40.9 Å². The molecule has 96 valence electrons. The van der Waals surface area contributed by atoms with E-state index in [4.69, 9.17) is 5.26 Å². The van der Waals surface area contributed by atoms with Crippen molar-refractivity contribution in [3.05, 3.63) is 35.4 Å². The van der Waals surface area contributed by atoms with Crippen molar-refractivity contribution in [3.8, 4) is 6.07 Å². The van der Waals surface area contributed by atoms with Crippen LogP contribution in [-0.4, -0.2) is 5.78 Å².